The number of nitrogens with zero attached hydrogens (tertiary/aromatic N) is 1. The van der Waals surface area contributed by atoms with Gasteiger partial charge in [-0.05, 0) is 59.0 Å². The van der Waals surface area contributed by atoms with Crippen molar-refractivity contribution in [3.63, 3.8) is 0 Å². The molecule has 10 heteroatoms. The smallest absolute Gasteiger partial charge is 0.337 e. The van der Waals surface area contributed by atoms with Crippen LogP contribution in [0.25, 0.3) is 11.1 Å². The number of carbonyl (C=O) groups is 2. The molecule has 1 N–H and O–H groups in total. The van der Waals surface area contributed by atoms with Crippen LogP contribution in [0.2, 0.25) is 5.02 Å². The molecule has 0 radical (unpaired) electrons. The molecule has 3 aromatic rings. The van der Waals surface area contributed by atoms with Crippen LogP contribution in [-0.2, 0) is 26.2 Å². The van der Waals surface area contributed by atoms with Gasteiger partial charge in [-0.25, -0.2) is 9.18 Å². The van der Waals surface area contributed by atoms with Gasteiger partial charge in [-0.1, -0.05) is 48.0 Å². The van der Waals surface area contributed by atoms with Gasteiger partial charge in [0.2, 0.25) is 0 Å². The molecule has 36 heavy (non-hydrogen) atoms. The molecule has 1 aliphatic rings. The number of methoxy groups -OCH3 is 1. The maximum absolute atomic E-state index is 13.5. The Labute approximate surface area is 214 Å². The second-order valence-corrected chi connectivity index (χ2v) is 10.7. The third kappa shape index (κ3) is 5.49. The quantitative estimate of drug-likeness (QED) is 0.479. The van der Waals surface area contributed by atoms with Crippen LogP contribution in [0.1, 0.15) is 33.9 Å². The third-order valence-corrected chi connectivity index (χ3v) is 8.09. The number of carbonyl (C=O) groups excluding carboxylic acids is 2. The van der Waals surface area contributed by atoms with Crippen molar-refractivity contribution in [2.45, 2.75) is 24.9 Å². The van der Waals surface area contributed by atoms with E-state index in [9.17, 15) is 22.4 Å². The zero-order chi connectivity index (χ0) is 26.0. The summed E-state index contributed by atoms with van der Waals surface area (Å²) in [5.41, 5.74) is 3.11. The van der Waals surface area contributed by atoms with E-state index in [2.05, 4.69) is 4.72 Å². The van der Waals surface area contributed by atoms with Gasteiger partial charge >= 0.3 is 5.97 Å². The van der Waals surface area contributed by atoms with Crippen molar-refractivity contribution < 1.29 is 27.1 Å². The number of hydrogen-bond acceptors (Lipinski definition) is 5. The molecule has 0 aliphatic carbocycles. The highest BCUT2D eigenvalue weighted by Crippen LogP contribution is 2.31. The van der Waals surface area contributed by atoms with Crippen LogP contribution in [0, 0.1) is 5.82 Å². The Kier molecular flexibility index (Phi) is 7.56. The van der Waals surface area contributed by atoms with Gasteiger partial charge < -0.3 is 4.74 Å². The first-order valence-corrected chi connectivity index (χ1v) is 12.9. The number of likely N-dealkylation sites (N-methyl/N-ethyl adjacent to an activating group) is 1. The van der Waals surface area contributed by atoms with Gasteiger partial charge in [0.15, 0.2) is 5.78 Å². The minimum Gasteiger partial charge on any atom is -0.465 e. The number of ether oxygens (including phenoxy) is 1. The molecule has 0 spiro atoms. The second-order valence-electron chi connectivity index (χ2n) is 8.53. The Morgan fingerprint density at radius 3 is 2.47 bits per heavy atom. The standard InChI is InChI=1S/C26H24ClFN2O5S/c1-30-24(25(31)12-16-9-10-22(28)21(27)11-16)15-23(29-36(30,33)34)19-7-3-5-17(13-19)18-6-4-8-20(14-18)26(32)35-2/h3-11,13-14,23-24,29H,12,15H2,1-2H3. The van der Waals surface area contributed by atoms with Gasteiger partial charge in [0.05, 0.1) is 23.7 Å². The lowest BCUT2D eigenvalue weighted by Gasteiger charge is -2.36. The van der Waals surface area contributed by atoms with Crippen LogP contribution in [0.15, 0.2) is 66.7 Å². The molecule has 2 unspecified atom stereocenters. The first-order valence-electron chi connectivity index (χ1n) is 11.1. The summed E-state index contributed by atoms with van der Waals surface area (Å²) in [5.74, 6) is -1.37. The molecule has 1 fully saturated rings. The van der Waals surface area contributed by atoms with Gasteiger partial charge in [0, 0.05) is 19.5 Å². The fourth-order valence-electron chi connectivity index (χ4n) is 4.24. The highest BCUT2D eigenvalue weighted by atomic mass is 35.5. The molecule has 0 bridgehead atoms. The Balaban J connectivity index is 1.61. The number of ketones is 1. The van der Waals surface area contributed by atoms with Crippen LogP contribution in [0.3, 0.4) is 0 Å². The van der Waals surface area contributed by atoms with Crippen molar-refractivity contribution in [2.24, 2.45) is 0 Å². The number of esters is 1. The van der Waals surface area contributed by atoms with E-state index >= 15 is 0 Å². The molecule has 0 amide bonds. The maximum Gasteiger partial charge on any atom is 0.337 e. The fraction of sp³-hybridized carbons (Fsp3) is 0.231. The zero-order valence-electron chi connectivity index (χ0n) is 19.6. The van der Waals surface area contributed by atoms with Crippen molar-refractivity contribution in [3.05, 3.63) is 94.3 Å². The molecule has 3 aromatic carbocycles. The van der Waals surface area contributed by atoms with Crippen LogP contribution in [-0.4, -0.2) is 44.7 Å². The monoisotopic (exact) mass is 530 g/mol. The topological polar surface area (TPSA) is 92.8 Å². The van der Waals surface area contributed by atoms with Crippen molar-refractivity contribution in [1.82, 2.24) is 9.03 Å². The van der Waals surface area contributed by atoms with Crippen LogP contribution in [0.5, 0.6) is 0 Å². The molecule has 1 aliphatic heterocycles. The molecular weight excluding hydrogens is 507 g/mol. The van der Waals surface area contributed by atoms with E-state index in [1.807, 2.05) is 18.2 Å². The van der Waals surface area contributed by atoms with E-state index in [0.29, 0.717) is 16.7 Å². The molecule has 1 heterocycles. The van der Waals surface area contributed by atoms with Gasteiger partial charge in [-0.15, -0.1) is 0 Å². The summed E-state index contributed by atoms with van der Waals surface area (Å²) in [6.07, 6.45) is 0.118. The molecule has 7 nitrogen and oxygen atoms in total. The van der Waals surface area contributed by atoms with E-state index in [4.69, 9.17) is 16.3 Å². The molecular formula is C26H24ClFN2O5S. The summed E-state index contributed by atoms with van der Waals surface area (Å²) < 4.78 is 47.7. The highest BCUT2D eigenvalue weighted by Gasteiger charge is 2.40. The number of halogens is 2. The average Bonchev–Trinajstić information content (AvgIpc) is 2.87. The van der Waals surface area contributed by atoms with Gasteiger partial charge in [-0.2, -0.15) is 17.4 Å². The largest absolute Gasteiger partial charge is 0.465 e. The van der Waals surface area contributed by atoms with Gasteiger partial charge in [0.25, 0.3) is 10.2 Å². The lowest BCUT2D eigenvalue weighted by molar-refractivity contribution is -0.122. The molecule has 0 saturated carbocycles. The van der Waals surface area contributed by atoms with E-state index in [-0.39, 0.29) is 23.6 Å². The molecule has 0 aromatic heterocycles. The number of hydrogen-bond donors (Lipinski definition) is 1. The highest BCUT2D eigenvalue weighted by molar-refractivity contribution is 7.87. The van der Waals surface area contributed by atoms with Gasteiger partial charge in [-0.3, -0.25) is 4.79 Å². The summed E-state index contributed by atoms with van der Waals surface area (Å²) in [6, 6.07) is 16.6. The minimum absolute atomic E-state index is 0.0857. The number of benzene rings is 3. The first-order chi connectivity index (χ1) is 17.1. The Morgan fingerprint density at radius 2 is 1.78 bits per heavy atom. The van der Waals surface area contributed by atoms with Gasteiger partial charge in [0.1, 0.15) is 5.82 Å². The van der Waals surface area contributed by atoms with E-state index < -0.39 is 34.1 Å². The lowest BCUT2D eigenvalue weighted by Crippen LogP contribution is -2.55. The molecule has 4 rings (SSSR count). The van der Waals surface area contributed by atoms with Crippen molar-refractivity contribution in [2.75, 3.05) is 14.2 Å². The van der Waals surface area contributed by atoms with Crippen LogP contribution >= 0.6 is 11.6 Å². The third-order valence-electron chi connectivity index (χ3n) is 6.21. The molecule has 2 atom stereocenters. The zero-order valence-corrected chi connectivity index (χ0v) is 21.1. The average molecular weight is 531 g/mol. The first kappa shape index (κ1) is 26.0. The lowest BCUT2D eigenvalue weighted by atomic mass is 9.92. The normalized spacial score (nSPS) is 19.6. The molecule has 1 saturated heterocycles. The second kappa shape index (κ2) is 10.5. The number of rotatable bonds is 6. The molecule has 188 valence electrons. The van der Waals surface area contributed by atoms with Crippen molar-refractivity contribution in [1.29, 1.82) is 0 Å². The summed E-state index contributed by atoms with van der Waals surface area (Å²) >= 11 is 5.83. The van der Waals surface area contributed by atoms with Crippen molar-refractivity contribution in [3.8, 4) is 11.1 Å². The van der Waals surface area contributed by atoms with E-state index in [0.717, 1.165) is 15.4 Å². The summed E-state index contributed by atoms with van der Waals surface area (Å²) in [4.78, 5) is 25.1. The number of Topliss-reactive ketones (excluding diaryl/α,β-unsaturated/α-hetero) is 1. The SMILES string of the molecule is COC(=O)c1cccc(-c2cccc(C3CC(C(=O)Cc4ccc(F)c(Cl)c4)N(C)S(=O)(=O)N3)c2)c1. The summed E-state index contributed by atoms with van der Waals surface area (Å²) in [5, 5.41) is -0.0995. The van der Waals surface area contributed by atoms with E-state index in [1.165, 1.54) is 32.4 Å². The minimum atomic E-state index is -3.94. The van der Waals surface area contributed by atoms with Crippen LogP contribution < -0.4 is 4.72 Å². The Hall–Kier alpha value is -3.11. The predicted octanol–water partition coefficient (Wildman–Crippen LogP) is 4.32. The van der Waals surface area contributed by atoms with Crippen LogP contribution in [0.4, 0.5) is 4.39 Å². The number of nitrogens with one attached hydrogen (secondary N) is 1. The Morgan fingerprint density at radius 1 is 1.08 bits per heavy atom. The maximum atomic E-state index is 13.5. The van der Waals surface area contributed by atoms with Crippen molar-refractivity contribution >= 4 is 33.6 Å². The predicted molar refractivity (Wildman–Crippen MR) is 134 cm³/mol. The van der Waals surface area contributed by atoms with E-state index in [1.54, 1.807) is 30.3 Å². The Bertz CT molecular complexity index is 1430. The summed E-state index contributed by atoms with van der Waals surface area (Å²) in [6.45, 7) is 0. The fourth-order valence-corrected chi connectivity index (χ4v) is 5.74. The summed E-state index contributed by atoms with van der Waals surface area (Å²) in [7, 11) is -1.28.